The fourth-order valence-corrected chi connectivity index (χ4v) is 3.60. The van der Waals surface area contributed by atoms with E-state index in [1.807, 2.05) is 0 Å². The summed E-state index contributed by atoms with van der Waals surface area (Å²) in [5.74, 6) is -0.945. The fourth-order valence-electron chi connectivity index (χ4n) is 3.60. The Kier molecular flexibility index (Phi) is 8.92. The van der Waals surface area contributed by atoms with Gasteiger partial charge in [0.05, 0.1) is 18.1 Å². The van der Waals surface area contributed by atoms with E-state index in [0.29, 0.717) is 36.8 Å². The molecule has 178 valence electrons. The molecule has 0 spiro atoms. The van der Waals surface area contributed by atoms with E-state index in [2.05, 4.69) is 24.5 Å². The minimum atomic E-state index is -1.10. The fraction of sp³-hybridized carbons (Fsp3) is 0.625. The van der Waals surface area contributed by atoms with Crippen LogP contribution in [0, 0.1) is 11.8 Å². The van der Waals surface area contributed by atoms with Crippen LogP contribution in [0.5, 0.6) is 5.75 Å². The molecule has 32 heavy (non-hydrogen) atoms. The Labute approximate surface area is 190 Å². The van der Waals surface area contributed by atoms with Gasteiger partial charge in [0.25, 0.3) is 0 Å². The molecule has 3 N–H and O–H groups in total. The predicted molar refractivity (Wildman–Crippen MR) is 122 cm³/mol. The molecule has 0 saturated heterocycles. The number of nitrogens with one attached hydrogen (secondary N) is 2. The number of rotatable bonds is 8. The maximum Gasteiger partial charge on any atom is 0.407 e. The second-order valence-electron chi connectivity index (χ2n) is 9.72. The molecule has 1 aromatic rings. The van der Waals surface area contributed by atoms with Gasteiger partial charge in [-0.25, -0.2) is 9.59 Å². The second kappa shape index (κ2) is 11.2. The van der Waals surface area contributed by atoms with Crippen LogP contribution in [-0.2, 0) is 9.53 Å². The van der Waals surface area contributed by atoms with E-state index in [-0.39, 0.29) is 17.5 Å². The molecule has 1 aliphatic rings. The molecule has 1 aromatic carbocycles. The summed E-state index contributed by atoms with van der Waals surface area (Å²) in [6, 6.07) is 4.15. The first-order valence-electron chi connectivity index (χ1n) is 11.3. The standard InChI is InChI=1S/C24H36N2O6/c1-15(2)10-11-31-18-13-16(22(28)29)12-17(14-18)25-21(27)19-8-6-7-9-20(19)26-23(30)32-24(3,4)5/h12-15,19-20H,6-11H2,1-5H3,(H,25,27)(H,26,30)(H,28,29). The van der Waals surface area contributed by atoms with Gasteiger partial charge in [0.1, 0.15) is 11.4 Å². The Hall–Kier alpha value is -2.77. The van der Waals surface area contributed by atoms with E-state index in [1.54, 1.807) is 26.8 Å². The lowest BCUT2D eigenvalue weighted by Crippen LogP contribution is -2.48. The van der Waals surface area contributed by atoms with Crippen LogP contribution in [0.1, 0.15) is 77.1 Å². The van der Waals surface area contributed by atoms with Crippen molar-refractivity contribution in [3.63, 3.8) is 0 Å². The zero-order valence-electron chi connectivity index (χ0n) is 19.7. The molecule has 8 nitrogen and oxygen atoms in total. The highest BCUT2D eigenvalue weighted by molar-refractivity contribution is 5.96. The molecule has 2 amide bonds. The maximum atomic E-state index is 13.0. The van der Waals surface area contributed by atoms with Crippen molar-refractivity contribution < 1.29 is 29.0 Å². The summed E-state index contributed by atoms with van der Waals surface area (Å²) in [6.45, 7) is 9.97. The van der Waals surface area contributed by atoms with Crippen LogP contribution in [0.15, 0.2) is 18.2 Å². The highest BCUT2D eigenvalue weighted by atomic mass is 16.6. The van der Waals surface area contributed by atoms with Gasteiger partial charge >= 0.3 is 12.1 Å². The van der Waals surface area contributed by atoms with Crippen LogP contribution in [0.25, 0.3) is 0 Å². The SMILES string of the molecule is CC(C)CCOc1cc(NC(=O)C2CCCCC2NC(=O)OC(C)(C)C)cc(C(=O)O)c1. The summed E-state index contributed by atoms with van der Waals surface area (Å²) < 4.78 is 11.0. The molecule has 1 saturated carbocycles. The number of carbonyl (C=O) groups is 3. The lowest BCUT2D eigenvalue weighted by atomic mass is 9.84. The highest BCUT2D eigenvalue weighted by Gasteiger charge is 2.33. The average Bonchev–Trinajstić information content (AvgIpc) is 2.66. The molecule has 0 aliphatic heterocycles. The summed E-state index contributed by atoms with van der Waals surface area (Å²) >= 11 is 0. The summed E-state index contributed by atoms with van der Waals surface area (Å²) in [5.41, 5.74) is -0.231. The number of ether oxygens (including phenoxy) is 2. The quantitative estimate of drug-likeness (QED) is 0.525. The number of alkyl carbamates (subject to hydrolysis) is 1. The summed E-state index contributed by atoms with van der Waals surface area (Å²) in [5, 5.41) is 15.1. The van der Waals surface area contributed by atoms with Crippen molar-refractivity contribution in [3.8, 4) is 5.75 Å². The second-order valence-corrected chi connectivity index (χ2v) is 9.72. The highest BCUT2D eigenvalue weighted by Crippen LogP contribution is 2.28. The van der Waals surface area contributed by atoms with E-state index in [4.69, 9.17) is 9.47 Å². The van der Waals surface area contributed by atoms with Crippen LogP contribution in [0.3, 0.4) is 0 Å². The van der Waals surface area contributed by atoms with Crippen LogP contribution >= 0.6 is 0 Å². The molecule has 2 rings (SSSR count). The number of carboxylic acids is 1. The van der Waals surface area contributed by atoms with Crippen LogP contribution in [-0.4, -0.2) is 41.3 Å². The van der Waals surface area contributed by atoms with E-state index in [1.165, 1.54) is 12.1 Å². The summed E-state index contributed by atoms with van der Waals surface area (Å²) in [4.78, 5) is 36.8. The largest absolute Gasteiger partial charge is 0.493 e. The Morgan fingerprint density at radius 3 is 2.44 bits per heavy atom. The molecule has 1 aliphatic carbocycles. The Balaban J connectivity index is 2.11. The average molecular weight is 449 g/mol. The smallest absolute Gasteiger partial charge is 0.407 e. The molecule has 2 unspecified atom stereocenters. The Morgan fingerprint density at radius 2 is 1.81 bits per heavy atom. The molecule has 2 atom stereocenters. The number of benzene rings is 1. The van der Waals surface area contributed by atoms with Crippen molar-refractivity contribution >= 4 is 23.7 Å². The van der Waals surface area contributed by atoms with Gasteiger partial charge in [0.2, 0.25) is 5.91 Å². The molecule has 0 radical (unpaired) electrons. The van der Waals surface area contributed by atoms with Gasteiger partial charge in [-0.2, -0.15) is 0 Å². The number of hydrogen-bond donors (Lipinski definition) is 3. The number of amides is 2. The van der Waals surface area contributed by atoms with Gasteiger partial charge in [0, 0.05) is 17.8 Å². The third-order valence-corrected chi connectivity index (χ3v) is 5.19. The minimum absolute atomic E-state index is 0.0365. The van der Waals surface area contributed by atoms with Gasteiger partial charge in [-0.3, -0.25) is 4.79 Å². The van der Waals surface area contributed by atoms with Gasteiger partial charge < -0.3 is 25.2 Å². The van der Waals surface area contributed by atoms with Crippen molar-refractivity contribution in [2.75, 3.05) is 11.9 Å². The number of hydrogen-bond acceptors (Lipinski definition) is 5. The van der Waals surface area contributed by atoms with Gasteiger partial charge in [-0.15, -0.1) is 0 Å². The zero-order chi connectivity index (χ0) is 23.9. The van der Waals surface area contributed by atoms with Crippen molar-refractivity contribution in [1.29, 1.82) is 0 Å². The summed E-state index contributed by atoms with van der Waals surface area (Å²) in [7, 11) is 0. The first kappa shape index (κ1) is 25.5. The van der Waals surface area contributed by atoms with E-state index in [0.717, 1.165) is 19.3 Å². The lowest BCUT2D eigenvalue weighted by Gasteiger charge is -2.32. The molecule has 0 heterocycles. The maximum absolute atomic E-state index is 13.0. The number of carboxylic acid groups (broad SMARTS) is 1. The molecule has 0 aromatic heterocycles. The number of aromatic carboxylic acids is 1. The normalized spacial score (nSPS) is 18.7. The van der Waals surface area contributed by atoms with Gasteiger partial charge in [-0.05, 0) is 58.1 Å². The first-order chi connectivity index (χ1) is 14.9. The van der Waals surface area contributed by atoms with E-state index >= 15 is 0 Å². The van der Waals surface area contributed by atoms with Crippen LogP contribution in [0.2, 0.25) is 0 Å². The predicted octanol–water partition coefficient (Wildman–Crippen LogP) is 4.83. The van der Waals surface area contributed by atoms with Crippen LogP contribution < -0.4 is 15.4 Å². The monoisotopic (exact) mass is 448 g/mol. The van der Waals surface area contributed by atoms with Crippen molar-refractivity contribution in [2.24, 2.45) is 11.8 Å². The zero-order valence-corrected chi connectivity index (χ0v) is 19.7. The van der Waals surface area contributed by atoms with Crippen molar-refractivity contribution in [1.82, 2.24) is 5.32 Å². The number of anilines is 1. The third kappa shape index (κ3) is 8.40. The lowest BCUT2D eigenvalue weighted by molar-refractivity contribution is -0.121. The Morgan fingerprint density at radius 1 is 1.12 bits per heavy atom. The minimum Gasteiger partial charge on any atom is -0.493 e. The summed E-state index contributed by atoms with van der Waals surface area (Å²) in [6.07, 6.45) is 3.38. The number of carbonyl (C=O) groups excluding carboxylic acids is 2. The van der Waals surface area contributed by atoms with E-state index < -0.39 is 23.6 Å². The van der Waals surface area contributed by atoms with Crippen LogP contribution in [0.4, 0.5) is 10.5 Å². The van der Waals surface area contributed by atoms with Gasteiger partial charge in [0.15, 0.2) is 0 Å². The molecule has 8 heteroatoms. The van der Waals surface area contributed by atoms with E-state index in [9.17, 15) is 19.5 Å². The van der Waals surface area contributed by atoms with Gasteiger partial charge in [-0.1, -0.05) is 26.7 Å². The molecular formula is C24H36N2O6. The Bertz CT molecular complexity index is 815. The molecular weight excluding hydrogens is 412 g/mol. The topological polar surface area (TPSA) is 114 Å². The van der Waals surface area contributed by atoms with Crippen molar-refractivity contribution in [3.05, 3.63) is 23.8 Å². The third-order valence-electron chi connectivity index (χ3n) is 5.19. The first-order valence-corrected chi connectivity index (χ1v) is 11.3. The molecule has 1 fully saturated rings. The van der Waals surface area contributed by atoms with Crippen molar-refractivity contribution in [2.45, 2.75) is 78.4 Å². The molecule has 0 bridgehead atoms.